The third-order valence-electron chi connectivity index (χ3n) is 16.2. The lowest BCUT2D eigenvalue weighted by Crippen LogP contribution is -2.30. The maximum Gasteiger partial charge on any atom is 0.306 e. The molecule has 0 bridgehead atoms. The minimum atomic E-state index is -0.774. The Bertz CT molecular complexity index is 1260. The van der Waals surface area contributed by atoms with E-state index < -0.39 is 6.10 Å². The van der Waals surface area contributed by atoms with Crippen molar-refractivity contribution in [2.45, 2.75) is 406 Å². The van der Waals surface area contributed by atoms with Gasteiger partial charge in [0.25, 0.3) is 0 Å². The summed E-state index contributed by atoms with van der Waals surface area (Å²) in [5.41, 5.74) is 0. The Morgan fingerprint density at radius 3 is 0.756 bits per heavy atom. The highest BCUT2D eigenvalue weighted by atomic mass is 16.6. The van der Waals surface area contributed by atoms with Crippen LogP contribution < -0.4 is 0 Å². The van der Waals surface area contributed by atoms with Crippen LogP contribution in [0.2, 0.25) is 0 Å². The van der Waals surface area contributed by atoms with Crippen LogP contribution in [0.5, 0.6) is 0 Å². The van der Waals surface area contributed by atoms with E-state index in [1.165, 1.54) is 276 Å². The molecule has 0 aliphatic carbocycles. The molecule has 0 saturated carbocycles. The average Bonchev–Trinajstić information content (AvgIpc) is 3.44. The van der Waals surface area contributed by atoms with Crippen molar-refractivity contribution in [2.24, 2.45) is 0 Å². The van der Waals surface area contributed by atoms with E-state index in [2.05, 4.69) is 45.1 Å². The number of carbonyl (C=O) groups is 3. The smallest absolute Gasteiger partial charge is 0.306 e. The molecular weight excluding hydrogens is 961 g/mol. The Hall–Kier alpha value is -2.11. The summed E-state index contributed by atoms with van der Waals surface area (Å²) in [4.78, 5) is 38.4. The fourth-order valence-corrected chi connectivity index (χ4v) is 10.9. The van der Waals surface area contributed by atoms with Gasteiger partial charge in [0.15, 0.2) is 6.10 Å². The first-order valence-electron chi connectivity index (χ1n) is 35.3. The van der Waals surface area contributed by atoms with Gasteiger partial charge in [-0.15, -0.1) is 0 Å². The van der Waals surface area contributed by atoms with Crippen molar-refractivity contribution in [1.82, 2.24) is 0 Å². The van der Waals surface area contributed by atoms with E-state index in [-0.39, 0.29) is 31.1 Å². The SMILES string of the molecule is CCC/C=C\C/C=C\CCCCCCCC(=O)OCC(COC(=O)CCCCCCCCCCCCCCCCCCCCCCCCCCC)OC(=O)CCCCCCCCCCCCCCCCCCCCCCCC. The maximum atomic E-state index is 12.9. The molecule has 460 valence electrons. The third kappa shape index (κ3) is 64.7. The Labute approximate surface area is 487 Å². The summed E-state index contributed by atoms with van der Waals surface area (Å²) in [6, 6.07) is 0. The van der Waals surface area contributed by atoms with Crippen LogP contribution in [0.3, 0.4) is 0 Å². The van der Waals surface area contributed by atoms with Gasteiger partial charge in [0, 0.05) is 19.3 Å². The van der Waals surface area contributed by atoms with E-state index in [4.69, 9.17) is 14.2 Å². The number of esters is 3. The van der Waals surface area contributed by atoms with Gasteiger partial charge >= 0.3 is 17.9 Å². The zero-order valence-corrected chi connectivity index (χ0v) is 53.0. The fourth-order valence-electron chi connectivity index (χ4n) is 10.9. The predicted molar refractivity (Wildman–Crippen MR) is 340 cm³/mol. The summed E-state index contributed by atoms with van der Waals surface area (Å²) in [5, 5.41) is 0. The van der Waals surface area contributed by atoms with Crippen LogP contribution in [0.15, 0.2) is 24.3 Å². The molecule has 0 saturated heterocycles. The number of rotatable bonds is 66. The van der Waals surface area contributed by atoms with Gasteiger partial charge < -0.3 is 14.2 Å². The molecule has 0 amide bonds. The fraction of sp³-hybridized carbons (Fsp3) is 0.903. The number of unbranched alkanes of at least 4 members (excludes halogenated alkanes) is 51. The van der Waals surface area contributed by atoms with Crippen LogP contribution in [-0.4, -0.2) is 37.2 Å². The number of hydrogen-bond acceptors (Lipinski definition) is 6. The van der Waals surface area contributed by atoms with Crippen molar-refractivity contribution in [3.05, 3.63) is 24.3 Å². The minimum Gasteiger partial charge on any atom is -0.462 e. The van der Waals surface area contributed by atoms with Gasteiger partial charge in [-0.05, 0) is 44.9 Å². The average molecular weight is 1100 g/mol. The molecule has 0 rings (SSSR count). The third-order valence-corrected chi connectivity index (χ3v) is 16.2. The lowest BCUT2D eigenvalue weighted by Gasteiger charge is -2.18. The van der Waals surface area contributed by atoms with Gasteiger partial charge in [-0.2, -0.15) is 0 Å². The molecular formula is C72H136O6. The second-order valence-corrected chi connectivity index (χ2v) is 24.2. The van der Waals surface area contributed by atoms with Gasteiger partial charge in [0.2, 0.25) is 0 Å². The molecule has 78 heavy (non-hydrogen) atoms. The summed E-state index contributed by atoms with van der Waals surface area (Å²) in [6.45, 7) is 6.65. The Morgan fingerprint density at radius 1 is 0.256 bits per heavy atom. The normalized spacial score (nSPS) is 12.1. The summed E-state index contributed by atoms with van der Waals surface area (Å²) in [6.07, 6.45) is 82.2. The highest BCUT2D eigenvalue weighted by molar-refractivity contribution is 5.71. The first-order chi connectivity index (χ1) is 38.5. The Kier molecular flexibility index (Phi) is 65.6. The van der Waals surface area contributed by atoms with Crippen molar-refractivity contribution < 1.29 is 28.6 Å². The van der Waals surface area contributed by atoms with Crippen LogP contribution in [0.25, 0.3) is 0 Å². The summed E-state index contributed by atoms with van der Waals surface area (Å²) in [7, 11) is 0. The van der Waals surface area contributed by atoms with E-state index in [1.807, 2.05) is 0 Å². The second kappa shape index (κ2) is 67.4. The number of carbonyl (C=O) groups excluding carboxylic acids is 3. The molecule has 0 aromatic rings. The first kappa shape index (κ1) is 75.9. The quantitative estimate of drug-likeness (QED) is 0.0261. The van der Waals surface area contributed by atoms with Crippen molar-refractivity contribution in [2.75, 3.05) is 13.2 Å². The van der Waals surface area contributed by atoms with Gasteiger partial charge in [-0.1, -0.05) is 360 Å². The predicted octanol–water partition coefficient (Wildman–Crippen LogP) is 24.2. The van der Waals surface area contributed by atoms with Gasteiger partial charge in [0.1, 0.15) is 13.2 Å². The molecule has 0 aromatic carbocycles. The topological polar surface area (TPSA) is 78.9 Å². The van der Waals surface area contributed by atoms with E-state index in [1.54, 1.807) is 0 Å². The van der Waals surface area contributed by atoms with Gasteiger partial charge in [-0.25, -0.2) is 0 Å². The highest BCUT2D eigenvalue weighted by Crippen LogP contribution is 2.19. The van der Waals surface area contributed by atoms with Crippen LogP contribution in [0.4, 0.5) is 0 Å². The Balaban J connectivity index is 4.21. The van der Waals surface area contributed by atoms with E-state index in [0.717, 1.165) is 83.5 Å². The molecule has 0 aromatic heterocycles. The molecule has 1 unspecified atom stereocenters. The standard InChI is InChI=1S/C72H136O6/c1-4-7-10-13-16-19-22-25-27-29-31-33-35-36-37-39-40-42-44-47-50-53-56-59-62-65-71(74)77-68-69(67-76-70(73)64-61-58-55-52-49-46-24-21-18-15-12-9-6-3)78-72(75)66-63-60-57-54-51-48-45-43-41-38-34-32-30-28-26-23-20-17-14-11-8-5-2/h12,15,21,24,69H,4-11,13-14,16-20,22-23,25-68H2,1-3H3/b15-12-,24-21-. The molecule has 0 aliphatic rings. The molecule has 0 radical (unpaired) electrons. The molecule has 1 atom stereocenters. The number of ether oxygens (including phenoxy) is 3. The molecule has 0 heterocycles. The second-order valence-electron chi connectivity index (χ2n) is 24.2. The molecule has 0 fully saturated rings. The zero-order chi connectivity index (χ0) is 56.4. The largest absolute Gasteiger partial charge is 0.462 e. The van der Waals surface area contributed by atoms with Crippen molar-refractivity contribution in [3.63, 3.8) is 0 Å². The minimum absolute atomic E-state index is 0.0693. The monoisotopic (exact) mass is 1100 g/mol. The molecule has 0 N–H and O–H groups in total. The Morgan fingerprint density at radius 2 is 0.487 bits per heavy atom. The van der Waals surface area contributed by atoms with Crippen LogP contribution >= 0.6 is 0 Å². The maximum absolute atomic E-state index is 12.9. The van der Waals surface area contributed by atoms with Gasteiger partial charge in [0.05, 0.1) is 0 Å². The first-order valence-corrected chi connectivity index (χ1v) is 35.3. The van der Waals surface area contributed by atoms with E-state index in [9.17, 15) is 14.4 Å². The van der Waals surface area contributed by atoms with Crippen LogP contribution in [0.1, 0.15) is 400 Å². The number of allylic oxidation sites excluding steroid dienone is 4. The molecule has 6 nitrogen and oxygen atoms in total. The van der Waals surface area contributed by atoms with E-state index >= 15 is 0 Å². The van der Waals surface area contributed by atoms with Crippen LogP contribution in [0, 0.1) is 0 Å². The summed E-state index contributed by atoms with van der Waals surface area (Å²) < 4.78 is 17.0. The summed E-state index contributed by atoms with van der Waals surface area (Å²) >= 11 is 0. The van der Waals surface area contributed by atoms with Gasteiger partial charge in [-0.3, -0.25) is 14.4 Å². The molecule has 0 aliphatic heterocycles. The van der Waals surface area contributed by atoms with Crippen molar-refractivity contribution in [1.29, 1.82) is 0 Å². The molecule has 6 heteroatoms. The van der Waals surface area contributed by atoms with Crippen LogP contribution in [-0.2, 0) is 28.6 Å². The molecule has 0 spiro atoms. The zero-order valence-electron chi connectivity index (χ0n) is 53.0. The summed E-state index contributed by atoms with van der Waals surface area (Å²) in [5.74, 6) is -0.852. The van der Waals surface area contributed by atoms with Crippen molar-refractivity contribution >= 4 is 17.9 Å². The lowest BCUT2D eigenvalue weighted by atomic mass is 10.0. The van der Waals surface area contributed by atoms with E-state index in [0.29, 0.717) is 19.3 Å². The van der Waals surface area contributed by atoms with Crippen molar-refractivity contribution in [3.8, 4) is 0 Å². The lowest BCUT2D eigenvalue weighted by molar-refractivity contribution is -0.167. The highest BCUT2D eigenvalue weighted by Gasteiger charge is 2.19. The number of hydrogen-bond donors (Lipinski definition) is 0.